The van der Waals surface area contributed by atoms with Gasteiger partial charge in [-0.1, -0.05) is 48.0 Å². The molecule has 6 heteroatoms. The third-order valence-corrected chi connectivity index (χ3v) is 6.05. The third-order valence-electron chi connectivity index (χ3n) is 4.72. The minimum Gasteiger partial charge on any atom is -0.456 e. The molecule has 0 saturated heterocycles. The Bertz CT molecular complexity index is 1170. The zero-order valence-corrected chi connectivity index (χ0v) is 19.2. The topological polar surface area (TPSA) is 69.7 Å². The number of rotatable bonds is 7. The molecular weight excluding hydrogens is 412 g/mol. The van der Waals surface area contributed by atoms with Crippen LogP contribution >= 0.6 is 0 Å². The highest BCUT2D eigenvalue weighted by molar-refractivity contribution is 7.86. The first-order valence-electron chi connectivity index (χ1n) is 10.3. The molecular formula is C25H28O5S. The number of hydrogen-bond donors (Lipinski definition) is 0. The molecule has 0 heterocycles. The molecule has 0 atom stereocenters. The van der Waals surface area contributed by atoms with Crippen LogP contribution in [-0.4, -0.2) is 26.6 Å². The Labute approximate surface area is 184 Å². The van der Waals surface area contributed by atoms with Crippen molar-refractivity contribution in [3.05, 3.63) is 77.4 Å². The number of benzene rings is 3. The van der Waals surface area contributed by atoms with Crippen molar-refractivity contribution in [2.45, 2.75) is 51.0 Å². The fourth-order valence-corrected chi connectivity index (χ4v) is 4.15. The summed E-state index contributed by atoms with van der Waals surface area (Å²) in [7, 11) is -3.76. The smallest absolute Gasteiger partial charge is 0.339 e. The highest BCUT2D eigenvalue weighted by Gasteiger charge is 2.20. The Morgan fingerprint density at radius 2 is 1.68 bits per heavy atom. The lowest BCUT2D eigenvalue weighted by Gasteiger charge is -2.20. The fraction of sp³-hybridized carbons (Fsp3) is 0.320. The van der Waals surface area contributed by atoms with Gasteiger partial charge < -0.3 is 4.74 Å². The maximum atomic E-state index is 12.6. The molecule has 0 spiro atoms. The number of fused-ring (bicyclic) bond motifs is 1. The molecule has 0 aliphatic rings. The molecule has 3 aromatic rings. The Kier molecular flexibility index (Phi) is 6.82. The molecule has 31 heavy (non-hydrogen) atoms. The van der Waals surface area contributed by atoms with Crippen LogP contribution in [0.5, 0.6) is 0 Å². The molecule has 0 radical (unpaired) electrons. The van der Waals surface area contributed by atoms with Crippen LogP contribution in [0, 0.1) is 6.92 Å². The normalized spacial score (nSPS) is 12.1. The van der Waals surface area contributed by atoms with E-state index in [4.69, 9.17) is 8.92 Å². The van der Waals surface area contributed by atoms with Crippen LogP contribution in [-0.2, 0) is 25.5 Å². The molecule has 0 fully saturated rings. The summed E-state index contributed by atoms with van der Waals surface area (Å²) in [6, 6.07) is 18.0. The lowest BCUT2D eigenvalue weighted by Crippen LogP contribution is -2.24. The highest BCUT2D eigenvalue weighted by Crippen LogP contribution is 2.24. The maximum absolute atomic E-state index is 12.6. The number of hydrogen-bond acceptors (Lipinski definition) is 5. The van der Waals surface area contributed by atoms with Crippen molar-refractivity contribution in [1.82, 2.24) is 0 Å². The molecule has 0 saturated carbocycles. The third kappa shape index (κ3) is 6.15. The average Bonchev–Trinajstić information content (AvgIpc) is 2.69. The predicted octanol–water partition coefficient (Wildman–Crippen LogP) is 5.44. The zero-order valence-electron chi connectivity index (χ0n) is 18.3. The number of carbonyl (C=O) groups is 1. The van der Waals surface area contributed by atoms with Crippen molar-refractivity contribution >= 4 is 26.9 Å². The molecule has 0 aromatic heterocycles. The maximum Gasteiger partial charge on any atom is 0.339 e. The average molecular weight is 441 g/mol. The molecule has 164 valence electrons. The van der Waals surface area contributed by atoms with Crippen LogP contribution in [0.4, 0.5) is 0 Å². The number of ether oxygens (including phenoxy) is 1. The van der Waals surface area contributed by atoms with E-state index in [0.29, 0.717) is 18.4 Å². The molecule has 5 nitrogen and oxygen atoms in total. The summed E-state index contributed by atoms with van der Waals surface area (Å²) in [5, 5.41) is 1.77. The van der Waals surface area contributed by atoms with Crippen molar-refractivity contribution < 1.29 is 22.1 Å². The van der Waals surface area contributed by atoms with Gasteiger partial charge in [0.15, 0.2) is 0 Å². The van der Waals surface area contributed by atoms with E-state index < -0.39 is 15.7 Å². The second-order valence-corrected chi connectivity index (χ2v) is 10.2. The summed E-state index contributed by atoms with van der Waals surface area (Å²) >= 11 is 0. The second-order valence-electron chi connectivity index (χ2n) is 8.56. The van der Waals surface area contributed by atoms with Crippen LogP contribution < -0.4 is 0 Å². The molecule has 0 aliphatic carbocycles. The summed E-state index contributed by atoms with van der Waals surface area (Å²) < 4.78 is 35.3. The van der Waals surface area contributed by atoms with E-state index in [1.165, 1.54) is 0 Å². The van der Waals surface area contributed by atoms with Crippen LogP contribution in [0.3, 0.4) is 0 Å². The Morgan fingerprint density at radius 3 is 2.35 bits per heavy atom. The van der Waals surface area contributed by atoms with E-state index in [9.17, 15) is 13.2 Å². The number of aryl methyl sites for hydroxylation is 2. The first-order valence-corrected chi connectivity index (χ1v) is 11.7. The minimum atomic E-state index is -3.76. The van der Waals surface area contributed by atoms with E-state index in [1.54, 1.807) is 30.3 Å². The van der Waals surface area contributed by atoms with Crippen LogP contribution in [0.1, 0.15) is 48.7 Å². The quantitative estimate of drug-likeness (QED) is 0.278. The molecule has 0 aliphatic heterocycles. The molecule has 3 aromatic carbocycles. The van der Waals surface area contributed by atoms with Crippen molar-refractivity contribution in [3.63, 3.8) is 0 Å². The van der Waals surface area contributed by atoms with Gasteiger partial charge in [-0.2, -0.15) is 8.42 Å². The molecule has 0 amide bonds. The van der Waals surface area contributed by atoms with E-state index in [1.807, 2.05) is 58.0 Å². The summed E-state index contributed by atoms with van der Waals surface area (Å²) in [5.74, 6) is -0.359. The molecule has 0 bridgehead atoms. The van der Waals surface area contributed by atoms with Gasteiger partial charge in [-0.05, 0) is 75.1 Å². The first-order chi connectivity index (χ1) is 14.5. The summed E-state index contributed by atoms with van der Waals surface area (Å²) in [6.45, 7) is 7.50. The van der Waals surface area contributed by atoms with E-state index in [-0.39, 0.29) is 17.5 Å². The summed E-state index contributed by atoms with van der Waals surface area (Å²) in [6.07, 6.45) is 1.16. The number of carbonyl (C=O) groups excluding carboxylic acids is 1. The summed E-state index contributed by atoms with van der Waals surface area (Å²) in [4.78, 5) is 12.8. The fourth-order valence-electron chi connectivity index (χ4n) is 3.20. The molecule has 0 N–H and O–H groups in total. The molecule has 3 rings (SSSR count). The van der Waals surface area contributed by atoms with Gasteiger partial charge >= 0.3 is 5.97 Å². The Balaban J connectivity index is 1.67. The standard InChI is InChI=1S/C25H28O5S/c1-18-10-14-21(15-11-18)31(27,28)29-16-6-7-19-12-13-20-8-5-9-22(23(20)17-19)24(26)30-25(2,3)4/h5,8-15,17H,6-7,16H2,1-4H3. The first kappa shape index (κ1) is 23.0. The van der Waals surface area contributed by atoms with Crippen LogP contribution in [0.15, 0.2) is 65.6 Å². The van der Waals surface area contributed by atoms with E-state index in [2.05, 4.69) is 0 Å². The van der Waals surface area contributed by atoms with Gasteiger partial charge in [0.1, 0.15) is 5.60 Å². The monoisotopic (exact) mass is 440 g/mol. The second kappa shape index (κ2) is 9.20. The Hall–Kier alpha value is -2.70. The van der Waals surface area contributed by atoms with Crippen molar-refractivity contribution in [2.75, 3.05) is 6.61 Å². The van der Waals surface area contributed by atoms with Crippen molar-refractivity contribution in [3.8, 4) is 0 Å². The highest BCUT2D eigenvalue weighted by atomic mass is 32.2. The predicted molar refractivity (Wildman–Crippen MR) is 122 cm³/mol. The van der Waals surface area contributed by atoms with Gasteiger partial charge in [0.2, 0.25) is 0 Å². The van der Waals surface area contributed by atoms with Crippen molar-refractivity contribution in [1.29, 1.82) is 0 Å². The van der Waals surface area contributed by atoms with E-state index in [0.717, 1.165) is 21.9 Å². The SMILES string of the molecule is Cc1ccc(S(=O)(=O)OCCCc2ccc3cccc(C(=O)OC(C)(C)C)c3c2)cc1. The van der Waals surface area contributed by atoms with Gasteiger partial charge in [-0.3, -0.25) is 4.18 Å². The van der Waals surface area contributed by atoms with Gasteiger partial charge in [0.25, 0.3) is 10.1 Å². The van der Waals surface area contributed by atoms with Gasteiger partial charge in [-0.15, -0.1) is 0 Å². The summed E-state index contributed by atoms with van der Waals surface area (Å²) in [5.41, 5.74) is 1.94. The number of esters is 1. The van der Waals surface area contributed by atoms with Gasteiger partial charge in [0, 0.05) is 0 Å². The van der Waals surface area contributed by atoms with Gasteiger partial charge in [-0.25, -0.2) is 4.79 Å². The molecule has 0 unspecified atom stereocenters. The largest absolute Gasteiger partial charge is 0.456 e. The van der Waals surface area contributed by atoms with Crippen molar-refractivity contribution in [2.24, 2.45) is 0 Å². The lowest BCUT2D eigenvalue weighted by molar-refractivity contribution is 0.00718. The van der Waals surface area contributed by atoms with Gasteiger partial charge in [0.05, 0.1) is 17.1 Å². The van der Waals surface area contributed by atoms with E-state index >= 15 is 0 Å². The van der Waals surface area contributed by atoms with Crippen LogP contribution in [0.2, 0.25) is 0 Å². The lowest BCUT2D eigenvalue weighted by atomic mass is 10.00. The zero-order chi connectivity index (χ0) is 22.6. The van der Waals surface area contributed by atoms with Crippen LogP contribution in [0.25, 0.3) is 10.8 Å². The minimum absolute atomic E-state index is 0.0853. The Morgan fingerprint density at radius 1 is 0.968 bits per heavy atom.